The second-order valence-corrected chi connectivity index (χ2v) is 8.39. The van der Waals surface area contributed by atoms with Gasteiger partial charge in [-0.25, -0.2) is 0 Å². The Bertz CT molecular complexity index is 1250. The predicted molar refractivity (Wildman–Crippen MR) is 116 cm³/mol. The average molecular weight is 409 g/mol. The highest BCUT2D eigenvalue weighted by Crippen LogP contribution is 2.53. The van der Waals surface area contributed by atoms with Crippen LogP contribution in [-0.2, 0) is 9.59 Å². The summed E-state index contributed by atoms with van der Waals surface area (Å²) in [7, 11) is 0. The first-order chi connectivity index (χ1) is 15.1. The van der Waals surface area contributed by atoms with Gasteiger partial charge in [-0.2, -0.15) is 0 Å². The number of fused-ring (bicyclic) bond motifs is 6. The van der Waals surface area contributed by atoms with E-state index in [0.717, 1.165) is 17.3 Å². The topological polar surface area (TPSA) is 79.4 Å². The standard InChI is InChI=1S/C25H19N3O3/c29-23(27-19-5-1-3-14-4-2-12-26-22(14)19)15-8-10-18(11-9-15)28-24(30)20-16-6-7-17(13-16)21(20)25(28)31/h1-12,16-17,20-21H,13H2,(H,27,29)/t16-,17+,20-,21-/m0/s1. The molecule has 6 heteroatoms. The maximum Gasteiger partial charge on any atom is 0.255 e. The van der Waals surface area contributed by atoms with Crippen molar-refractivity contribution in [3.63, 3.8) is 0 Å². The molecule has 3 aromatic rings. The van der Waals surface area contributed by atoms with Crippen LogP contribution in [0.4, 0.5) is 11.4 Å². The first kappa shape index (κ1) is 18.0. The number of hydrogen-bond donors (Lipinski definition) is 1. The van der Waals surface area contributed by atoms with Gasteiger partial charge in [-0.3, -0.25) is 24.3 Å². The van der Waals surface area contributed by atoms with Crippen LogP contribution in [0.2, 0.25) is 0 Å². The lowest BCUT2D eigenvalue weighted by molar-refractivity contribution is -0.123. The van der Waals surface area contributed by atoms with E-state index in [1.165, 1.54) is 4.90 Å². The molecular weight excluding hydrogens is 390 g/mol. The molecule has 1 aromatic heterocycles. The minimum atomic E-state index is -0.275. The Kier molecular flexibility index (Phi) is 3.84. The summed E-state index contributed by atoms with van der Waals surface area (Å²) in [5.41, 5.74) is 2.32. The SMILES string of the molecule is O=C(Nc1cccc2cccnc12)c1ccc(N2C(=O)[C@@H]3[C@@H](C2=O)[C@H]2C=C[C@@H]3C2)cc1. The number of nitrogens with one attached hydrogen (secondary N) is 1. The average Bonchev–Trinajstić information content (AvgIpc) is 3.48. The molecule has 1 N–H and O–H groups in total. The van der Waals surface area contributed by atoms with Gasteiger partial charge in [0.1, 0.15) is 0 Å². The summed E-state index contributed by atoms with van der Waals surface area (Å²) in [6.45, 7) is 0. The number of nitrogens with zero attached hydrogens (tertiary/aromatic N) is 2. The molecule has 2 fully saturated rings. The molecule has 0 spiro atoms. The molecule has 2 aromatic carbocycles. The van der Waals surface area contributed by atoms with E-state index in [4.69, 9.17) is 0 Å². The number of para-hydroxylation sites is 1. The van der Waals surface area contributed by atoms with Crippen molar-refractivity contribution in [2.75, 3.05) is 10.2 Å². The molecular formula is C25H19N3O3. The quantitative estimate of drug-likeness (QED) is 0.527. The van der Waals surface area contributed by atoms with Crippen molar-refractivity contribution in [2.24, 2.45) is 23.7 Å². The zero-order chi connectivity index (χ0) is 21.1. The fourth-order valence-electron chi connectivity index (χ4n) is 5.32. The lowest BCUT2D eigenvalue weighted by Gasteiger charge is -2.17. The summed E-state index contributed by atoms with van der Waals surface area (Å²) in [6.07, 6.45) is 6.75. The lowest BCUT2D eigenvalue weighted by atomic mass is 9.85. The van der Waals surface area contributed by atoms with E-state index in [1.807, 2.05) is 30.3 Å². The van der Waals surface area contributed by atoms with Crippen LogP contribution in [0.3, 0.4) is 0 Å². The summed E-state index contributed by atoms with van der Waals surface area (Å²) in [5, 5.41) is 3.84. The molecule has 31 heavy (non-hydrogen) atoms. The normalized spacial score (nSPS) is 26.0. The van der Waals surface area contributed by atoms with Crippen molar-refractivity contribution in [3.05, 3.63) is 78.5 Å². The molecule has 2 heterocycles. The van der Waals surface area contributed by atoms with Gasteiger partial charge in [0.2, 0.25) is 11.8 Å². The molecule has 6 nitrogen and oxygen atoms in total. The van der Waals surface area contributed by atoms with Crippen molar-refractivity contribution in [3.8, 4) is 0 Å². The number of allylic oxidation sites excluding steroid dienone is 2. The number of rotatable bonds is 3. The smallest absolute Gasteiger partial charge is 0.255 e. The van der Waals surface area contributed by atoms with Crippen LogP contribution >= 0.6 is 0 Å². The van der Waals surface area contributed by atoms with Crippen LogP contribution in [0.1, 0.15) is 16.8 Å². The van der Waals surface area contributed by atoms with E-state index >= 15 is 0 Å². The number of benzene rings is 2. The van der Waals surface area contributed by atoms with Gasteiger partial charge in [0, 0.05) is 17.1 Å². The van der Waals surface area contributed by atoms with Crippen LogP contribution in [0.15, 0.2) is 72.9 Å². The maximum absolute atomic E-state index is 13.0. The minimum absolute atomic E-state index is 0.120. The van der Waals surface area contributed by atoms with Crippen molar-refractivity contribution in [1.82, 2.24) is 4.98 Å². The van der Waals surface area contributed by atoms with Crippen LogP contribution in [0, 0.1) is 23.7 Å². The zero-order valence-electron chi connectivity index (χ0n) is 16.6. The number of pyridine rings is 1. The Hall–Kier alpha value is -3.80. The fourth-order valence-corrected chi connectivity index (χ4v) is 5.32. The molecule has 1 saturated heterocycles. The number of anilines is 2. The molecule has 1 saturated carbocycles. The van der Waals surface area contributed by atoms with Gasteiger partial charge in [-0.1, -0.05) is 30.4 Å². The molecule has 1 aliphatic heterocycles. The number of amides is 3. The molecule has 2 aliphatic carbocycles. The van der Waals surface area contributed by atoms with Crippen LogP contribution in [-0.4, -0.2) is 22.7 Å². The van der Waals surface area contributed by atoms with Gasteiger partial charge < -0.3 is 5.32 Å². The summed E-state index contributed by atoms with van der Waals surface area (Å²) >= 11 is 0. The highest BCUT2D eigenvalue weighted by atomic mass is 16.2. The van der Waals surface area contributed by atoms with Gasteiger partial charge in [0.25, 0.3) is 5.91 Å². The summed E-state index contributed by atoms with van der Waals surface area (Å²) in [6, 6.07) is 16.0. The van der Waals surface area contributed by atoms with Gasteiger partial charge in [-0.15, -0.1) is 0 Å². The Morgan fingerprint density at radius 1 is 0.903 bits per heavy atom. The number of aromatic nitrogens is 1. The van der Waals surface area contributed by atoms with E-state index in [2.05, 4.69) is 22.5 Å². The molecule has 152 valence electrons. The van der Waals surface area contributed by atoms with E-state index in [1.54, 1.807) is 30.5 Å². The highest BCUT2D eigenvalue weighted by molar-refractivity contribution is 6.23. The number of carbonyl (C=O) groups excluding carboxylic acids is 3. The van der Waals surface area contributed by atoms with Crippen molar-refractivity contribution in [2.45, 2.75) is 6.42 Å². The monoisotopic (exact) mass is 409 g/mol. The first-order valence-electron chi connectivity index (χ1n) is 10.4. The van der Waals surface area contributed by atoms with Crippen molar-refractivity contribution >= 4 is 40.0 Å². The van der Waals surface area contributed by atoms with Crippen LogP contribution in [0.25, 0.3) is 10.9 Å². The number of imide groups is 1. The third-order valence-electron chi connectivity index (χ3n) is 6.74. The molecule has 3 amide bonds. The van der Waals surface area contributed by atoms with E-state index in [9.17, 15) is 14.4 Å². The molecule has 6 rings (SSSR count). The Balaban J connectivity index is 1.24. The van der Waals surface area contributed by atoms with Gasteiger partial charge in [0.05, 0.1) is 28.7 Å². The molecule has 2 bridgehead atoms. The molecule has 4 atom stereocenters. The molecule has 3 aliphatic rings. The number of hydrogen-bond acceptors (Lipinski definition) is 4. The second-order valence-electron chi connectivity index (χ2n) is 8.39. The molecule has 0 radical (unpaired) electrons. The Morgan fingerprint density at radius 3 is 2.29 bits per heavy atom. The van der Waals surface area contributed by atoms with E-state index < -0.39 is 0 Å². The third-order valence-corrected chi connectivity index (χ3v) is 6.74. The zero-order valence-corrected chi connectivity index (χ0v) is 16.6. The van der Waals surface area contributed by atoms with Crippen molar-refractivity contribution in [1.29, 1.82) is 0 Å². The Labute approximate surface area is 178 Å². The van der Waals surface area contributed by atoms with E-state index in [-0.39, 0.29) is 41.4 Å². The van der Waals surface area contributed by atoms with Crippen LogP contribution < -0.4 is 10.2 Å². The van der Waals surface area contributed by atoms with Crippen LogP contribution in [0.5, 0.6) is 0 Å². The summed E-state index contributed by atoms with van der Waals surface area (Å²) < 4.78 is 0. The minimum Gasteiger partial charge on any atom is -0.320 e. The summed E-state index contributed by atoms with van der Waals surface area (Å²) in [4.78, 5) is 44.4. The second kappa shape index (κ2) is 6.60. The van der Waals surface area contributed by atoms with E-state index in [0.29, 0.717) is 16.9 Å². The lowest BCUT2D eigenvalue weighted by Crippen LogP contribution is -2.32. The first-order valence-corrected chi connectivity index (χ1v) is 10.4. The number of carbonyl (C=O) groups is 3. The highest BCUT2D eigenvalue weighted by Gasteiger charge is 2.59. The largest absolute Gasteiger partial charge is 0.320 e. The fraction of sp³-hybridized carbons (Fsp3) is 0.200. The van der Waals surface area contributed by atoms with Gasteiger partial charge in [-0.05, 0) is 54.7 Å². The van der Waals surface area contributed by atoms with Gasteiger partial charge >= 0.3 is 0 Å². The predicted octanol–water partition coefficient (Wildman–Crippen LogP) is 3.80. The maximum atomic E-state index is 13.0. The van der Waals surface area contributed by atoms with Crippen molar-refractivity contribution < 1.29 is 14.4 Å². The summed E-state index contributed by atoms with van der Waals surface area (Å²) in [5.74, 6) is -0.625. The van der Waals surface area contributed by atoms with Gasteiger partial charge in [0.15, 0.2) is 0 Å². The Morgan fingerprint density at radius 2 is 1.58 bits per heavy atom. The third kappa shape index (κ3) is 2.64. The molecule has 0 unspecified atom stereocenters.